The largest absolute Gasteiger partial charge is 0.477 e. The van der Waals surface area contributed by atoms with Crippen molar-refractivity contribution in [2.24, 2.45) is 0 Å². The van der Waals surface area contributed by atoms with E-state index in [-0.39, 0.29) is 5.56 Å². The average molecular weight is 288 g/mol. The van der Waals surface area contributed by atoms with Crippen molar-refractivity contribution in [3.8, 4) is 11.3 Å². The first-order valence-electron chi connectivity index (χ1n) is 5.93. The van der Waals surface area contributed by atoms with E-state index in [1.807, 2.05) is 0 Å². The van der Waals surface area contributed by atoms with Crippen molar-refractivity contribution in [2.75, 3.05) is 12.4 Å². The maximum Gasteiger partial charge on any atom is 0.411 e. The van der Waals surface area contributed by atoms with Crippen LogP contribution in [0.2, 0.25) is 0 Å². The Bertz CT molecular complexity index is 734. The number of ether oxygens (including phenoxy) is 1. The fourth-order valence-electron chi connectivity index (χ4n) is 1.71. The number of carbonyl (C=O) groups is 2. The molecule has 0 saturated carbocycles. The molecule has 0 atom stereocenters. The summed E-state index contributed by atoms with van der Waals surface area (Å²) < 4.78 is 4.47. The van der Waals surface area contributed by atoms with Crippen LogP contribution >= 0.6 is 0 Å². The van der Waals surface area contributed by atoms with Crippen LogP contribution in [-0.4, -0.2) is 29.3 Å². The number of benzene rings is 1. The fourth-order valence-corrected chi connectivity index (χ4v) is 1.71. The molecule has 108 valence electrons. The van der Waals surface area contributed by atoms with Gasteiger partial charge < -0.3 is 14.8 Å². The number of carboxylic acid groups (broad SMARTS) is 1. The minimum Gasteiger partial charge on any atom is -0.477 e. The van der Waals surface area contributed by atoms with Crippen molar-refractivity contribution < 1.29 is 19.4 Å². The molecular weight excluding hydrogens is 276 g/mol. The summed E-state index contributed by atoms with van der Waals surface area (Å²) >= 11 is 0. The van der Waals surface area contributed by atoms with E-state index >= 15 is 0 Å². The number of methoxy groups -OCH3 is 1. The van der Waals surface area contributed by atoms with E-state index in [0.29, 0.717) is 16.9 Å². The van der Waals surface area contributed by atoms with Crippen LogP contribution in [0.5, 0.6) is 0 Å². The Hall–Kier alpha value is -3.09. The summed E-state index contributed by atoms with van der Waals surface area (Å²) in [6.45, 7) is 0. The highest BCUT2D eigenvalue weighted by atomic mass is 16.5. The van der Waals surface area contributed by atoms with Crippen LogP contribution in [0.3, 0.4) is 0 Å². The first-order valence-corrected chi connectivity index (χ1v) is 5.93. The molecule has 0 bridgehead atoms. The molecule has 7 heteroatoms. The summed E-state index contributed by atoms with van der Waals surface area (Å²) in [5, 5.41) is 11.3. The number of carboxylic acids is 1. The Morgan fingerprint density at radius 1 is 1.14 bits per heavy atom. The smallest absolute Gasteiger partial charge is 0.411 e. The Balaban J connectivity index is 2.27. The molecule has 0 radical (unpaired) electrons. The highest BCUT2D eigenvalue weighted by Gasteiger charge is 2.09. The number of H-pyrrole nitrogens is 1. The number of pyridine rings is 1. The summed E-state index contributed by atoms with van der Waals surface area (Å²) in [6.07, 6.45) is -0.582. The van der Waals surface area contributed by atoms with Gasteiger partial charge in [-0.15, -0.1) is 0 Å². The molecule has 1 amide bonds. The molecule has 0 aliphatic rings. The van der Waals surface area contributed by atoms with Crippen molar-refractivity contribution in [3.63, 3.8) is 0 Å². The van der Waals surface area contributed by atoms with E-state index in [1.54, 1.807) is 24.3 Å². The maximum absolute atomic E-state index is 11.6. The van der Waals surface area contributed by atoms with Gasteiger partial charge in [0.2, 0.25) is 0 Å². The van der Waals surface area contributed by atoms with Crippen LogP contribution in [0, 0.1) is 0 Å². The molecule has 3 N–H and O–H groups in total. The number of rotatable bonds is 3. The number of aromatic nitrogens is 1. The van der Waals surface area contributed by atoms with Crippen molar-refractivity contribution in [3.05, 3.63) is 52.3 Å². The van der Waals surface area contributed by atoms with Crippen LogP contribution in [0.4, 0.5) is 10.5 Å². The van der Waals surface area contributed by atoms with Crippen LogP contribution in [0.15, 0.2) is 41.2 Å². The second kappa shape index (κ2) is 5.91. The Labute approximate surface area is 119 Å². The van der Waals surface area contributed by atoms with Crippen molar-refractivity contribution in [1.82, 2.24) is 4.98 Å². The molecule has 2 rings (SSSR count). The number of carbonyl (C=O) groups excluding carboxylic acids is 1. The zero-order valence-electron chi connectivity index (χ0n) is 11.0. The minimum absolute atomic E-state index is 0.317. The van der Waals surface area contributed by atoms with Gasteiger partial charge in [-0.25, -0.2) is 9.59 Å². The van der Waals surface area contributed by atoms with Crippen molar-refractivity contribution in [1.29, 1.82) is 0 Å². The van der Waals surface area contributed by atoms with Gasteiger partial charge in [-0.05, 0) is 29.8 Å². The minimum atomic E-state index is -1.28. The van der Waals surface area contributed by atoms with E-state index < -0.39 is 17.6 Å². The number of anilines is 1. The summed E-state index contributed by atoms with van der Waals surface area (Å²) in [5.74, 6) is -1.28. The second-order valence-electron chi connectivity index (χ2n) is 4.11. The third-order valence-corrected chi connectivity index (χ3v) is 2.77. The topological polar surface area (TPSA) is 108 Å². The highest BCUT2D eigenvalue weighted by Crippen LogP contribution is 2.18. The van der Waals surface area contributed by atoms with Gasteiger partial charge in [-0.2, -0.15) is 0 Å². The molecule has 0 aliphatic carbocycles. The van der Waals surface area contributed by atoms with Gasteiger partial charge in [0, 0.05) is 11.4 Å². The zero-order chi connectivity index (χ0) is 15.4. The zero-order valence-corrected chi connectivity index (χ0v) is 11.0. The predicted molar refractivity (Wildman–Crippen MR) is 75.5 cm³/mol. The number of amides is 1. The van der Waals surface area contributed by atoms with Gasteiger partial charge in [-0.1, -0.05) is 12.1 Å². The van der Waals surface area contributed by atoms with E-state index in [0.717, 1.165) is 0 Å². The third-order valence-electron chi connectivity index (χ3n) is 2.77. The summed E-state index contributed by atoms with van der Waals surface area (Å²) in [4.78, 5) is 35.9. The molecule has 1 heterocycles. The normalized spacial score (nSPS) is 9.95. The number of aromatic amines is 1. The number of aromatic carboxylic acids is 1. The van der Waals surface area contributed by atoms with Crippen LogP contribution in [-0.2, 0) is 4.74 Å². The fraction of sp³-hybridized carbons (Fsp3) is 0.0714. The monoisotopic (exact) mass is 288 g/mol. The second-order valence-corrected chi connectivity index (χ2v) is 4.11. The maximum atomic E-state index is 11.6. The van der Waals surface area contributed by atoms with Gasteiger partial charge in [0.1, 0.15) is 5.56 Å². The Kier molecular flexibility index (Phi) is 4.03. The first kappa shape index (κ1) is 14.3. The van der Waals surface area contributed by atoms with Crippen molar-refractivity contribution in [2.45, 2.75) is 0 Å². The van der Waals surface area contributed by atoms with Gasteiger partial charge in [-0.3, -0.25) is 10.1 Å². The molecule has 0 fully saturated rings. The van der Waals surface area contributed by atoms with Crippen LogP contribution in [0.1, 0.15) is 10.4 Å². The first-order chi connectivity index (χ1) is 10.0. The van der Waals surface area contributed by atoms with Crippen LogP contribution in [0.25, 0.3) is 11.3 Å². The lowest BCUT2D eigenvalue weighted by molar-refractivity contribution is 0.0695. The lowest BCUT2D eigenvalue weighted by atomic mass is 10.1. The summed E-state index contributed by atoms with van der Waals surface area (Å²) in [5.41, 5.74) is 0.712. The van der Waals surface area contributed by atoms with Gasteiger partial charge in [0.15, 0.2) is 0 Å². The van der Waals surface area contributed by atoms with Gasteiger partial charge in [0.25, 0.3) is 5.56 Å². The third kappa shape index (κ3) is 3.27. The number of hydrogen-bond acceptors (Lipinski definition) is 4. The molecule has 0 unspecified atom stereocenters. The Morgan fingerprint density at radius 3 is 2.33 bits per heavy atom. The lowest BCUT2D eigenvalue weighted by Gasteiger charge is -2.06. The molecule has 0 saturated heterocycles. The summed E-state index contributed by atoms with van der Waals surface area (Å²) in [6, 6.07) is 9.38. The number of hydrogen-bond donors (Lipinski definition) is 3. The highest BCUT2D eigenvalue weighted by molar-refractivity contribution is 5.87. The molecule has 2 aromatic rings. The van der Waals surface area contributed by atoms with Gasteiger partial charge in [0.05, 0.1) is 7.11 Å². The average Bonchev–Trinajstić information content (AvgIpc) is 2.47. The predicted octanol–water partition coefficient (Wildman–Crippen LogP) is 1.92. The molecule has 0 aliphatic heterocycles. The molecule has 7 nitrogen and oxygen atoms in total. The van der Waals surface area contributed by atoms with E-state index in [2.05, 4.69) is 15.0 Å². The van der Waals surface area contributed by atoms with E-state index in [9.17, 15) is 14.4 Å². The molecule has 1 aromatic heterocycles. The van der Waals surface area contributed by atoms with Crippen molar-refractivity contribution >= 4 is 17.7 Å². The Morgan fingerprint density at radius 2 is 1.81 bits per heavy atom. The van der Waals surface area contributed by atoms with E-state index in [1.165, 1.54) is 19.2 Å². The molecule has 0 spiro atoms. The molecule has 1 aromatic carbocycles. The standard InChI is InChI=1S/C14H12N2O5/c1-21-14(20)15-9-4-2-8(3-5-9)11-7-6-10(13(18)19)12(17)16-11/h2-7H,1H3,(H,15,20)(H,16,17)(H,18,19). The number of nitrogens with one attached hydrogen (secondary N) is 2. The summed E-state index contributed by atoms with van der Waals surface area (Å²) in [7, 11) is 1.26. The van der Waals surface area contributed by atoms with E-state index in [4.69, 9.17) is 5.11 Å². The molecular formula is C14H12N2O5. The molecule has 21 heavy (non-hydrogen) atoms. The van der Waals surface area contributed by atoms with Gasteiger partial charge >= 0.3 is 12.1 Å². The van der Waals surface area contributed by atoms with Crippen LogP contribution < -0.4 is 10.9 Å². The SMILES string of the molecule is COC(=O)Nc1ccc(-c2ccc(C(=O)O)c(=O)[nH]2)cc1. The quantitative estimate of drug-likeness (QED) is 0.799. The lowest BCUT2D eigenvalue weighted by Crippen LogP contribution is -2.17.